The van der Waals surface area contributed by atoms with Gasteiger partial charge in [0.25, 0.3) is 0 Å². The van der Waals surface area contributed by atoms with E-state index < -0.39 is 6.09 Å². The van der Waals surface area contributed by atoms with Crippen LogP contribution in [0, 0.1) is 0 Å². The van der Waals surface area contributed by atoms with Gasteiger partial charge >= 0.3 is 6.09 Å². The van der Waals surface area contributed by atoms with Crippen molar-refractivity contribution in [2.24, 2.45) is 0 Å². The Balaban J connectivity index is 1.43. The maximum atomic E-state index is 10.8. The lowest BCUT2D eigenvalue weighted by molar-refractivity contribution is 0.183. The van der Waals surface area contributed by atoms with E-state index in [-0.39, 0.29) is 0 Å². The maximum absolute atomic E-state index is 10.8. The molecule has 2 aliphatic rings. The lowest BCUT2D eigenvalue weighted by Gasteiger charge is -2.36. The van der Waals surface area contributed by atoms with Crippen molar-refractivity contribution >= 4 is 23.5 Å². The Bertz CT molecular complexity index is 779. The number of benzene rings is 2. The SMILES string of the molecule is CN1[C@@H]2CC[C@H]1CC(Sc1ccc(-c3cccc(NC(=O)O)c3)cc1)C2. The summed E-state index contributed by atoms with van der Waals surface area (Å²) < 4.78 is 0. The van der Waals surface area contributed by atoms with Gasteiger partial charge in [0.05, 0.1) is 0 Å². The first-order valence-electron chi connectivity index (χ1n) is 9.17. The molecule has 2 aromatic rings. The molecule has 2 N–H and O–H groups in total. The van der Waals surface area contributed by atoms with Crippen LogP contribution in [-0.2, 0) is 0 Å². The van der Waals surface area contributed by atoms with E-state index in [9.17, 15) is 4.79 Å². The van der Waals surface area contributed by atoms with Gasteiger partial charge in [0.15, 0.2) is 0 Å². The second kappa shape index (κ2) is 7.33. The van der Waals surface area contributed by atoms with E-state index in [0.717, 1.165) is 28.5 Å². The van der Waals surface area contributed by atoms with Crippen molar-refractivity contribution < 1.29 is 9.90 Å². The maximum Gasteiger partial charge on any atom is 0.409 e. The van der Waals surface area contributed by atoms with Crippen LogP contribution in [0.3, 0.4) is 0 Å². The molecule has 2 aromatic carbocycles. The number of rotatable bonds is 4. The number of piperidine rings is 1. The number of fused-ring (bicyclic) bond motifs is 2. The quantitative estimate of drug-likeness (QED) is 0.782. The number of hydrogen-bond donors (Lipinski definition) is 2. The van der Waals surface area contributed by atoms with E-state index in [0.29, 0.717) is 5.69 Å². The predicted octanol–water partition coefficient (Wildman–Crippen LogP) is 5.16. The molecule has 3 atom stereocenters. The van der Waals surface area contributed by atoms with Gasteiger partial charge in [0.1, 0.15) is 0 Å². The second-order valence-electron chi connectivity index (χ2n) is 7.30. The van der Waals surface area contributed by atoms with Gasteiger partial charge in [-0.2, -0.15) is 0 Å². The first-order valence-corrected chi connectivity index (χ1v) is 10.1. The summed E-state index contributed by atoms with van der Waals surface area (Å²) in [7, 11) is 2.28. The molecule has 26 heavy (non-hydrogen) atoms. The minimum absolute atomic E-state index is 0.593. The van der Waals surface area contributed by atoms with Gasteiger partial charge in [-0.3, -0.25) is 5.32 Å². The van der Waals surface area contributed by atoms with Crippen LogP contribution in [-0.4, -0.2) is 40.5 Å². The van der Waals surface area contributed by atoms with Crippen LogP contribution in [0.5, 0.6) is 0 Å². The summed E-state index contributed by atoms with van der Waals surface area (Å²) >= 11 is 2.01. The Kier molecular flexibility index (Phi) is 4.92. The lowest BCUT2D eigenvalue weighted by Crippen LogP contribution is -2.40. The number of thioether (sulfide) groups is 1. The van der Waals surface area contributed by atoms with Crippen LogP contribution in [0.25, 0.3) is 11.1 Å². The fourth-order valence-corrected chi connectivity index (χ4v) is 5.59. The third-order valence-electron chi connectivity index (χ3n) is 5.66. The summed E-state index contributed by atoms with van der Waals surface area (Å²) in [6.07, 6.45) is 4.27. The van der Waals surface area contributed by atoms with E-state index in [1.54, 1.807) is 6.07 Å². The molecule has 2 heterocycles. The van der Waals surface area contributed by atoms with Crippen molar-refractivity contribution in [1.82, 2.24) is 4.90 Å². The molecule has 136 valence electrons. The summed E-state index contributed by atoms with van der Waals surface area (Å²) in [5, 5.41) is 12.0. The summed E-state index contributed by atoms with van der Waals surface area (Å²) in [6.45, 7) is 0. The molecule has 4 rings (SSSR count). The third-order valence-corrected chi connectivity index (χ3v) is 6.92. The molecule has 1 unspecified atom stereocenters. The number of carboxylic acid groups (broad SMARTS) is 1. The molecule has 0 aromatic heterocycles. The predicted molar refractivity (Wildman–Crippen MR) is 107 cm³/mol. The van der Waals surface area contributed by atoms with Crippen LogP contribution >= 0.6 is 11.8 Å². The van der Waals surface area contributed by atoms with E-state index in [1.807, 2.05) is 30.0 Å². The molecule has 0 saturated carbocycles. The molecule has 1 amide bonds. The van der Waals surface area contributed by atoms with Crippen molar-refractivity contribution in [3.8, 4) is 11.1 Å². The third kappa shape index (κ3) is 3.74. The molecule has 2 fully saturated rings. The Morgan fingerprint density at radius 3 is 2.42 bits per heavy atom. The lowest BCUT2D eigenvalue weighted by atomic mass is 10.0. The number of nitrogens with one attached hydrogen (secondary N) is 1. The molecular formula is C21H24N2O2S. The Morgan fingerprint density at radius 1 is 1.08 bits per heavy atom. The summed E-state index contributed by atoms with van der Waals surface area (Å²) in [4.78, 5) is 14.7. The van der Waals surface area contributed by atoms with E-state index in [2.05, 4.69) is 41.5 Å². The van der Waals surface area contributed by atoms with Crippen molar-refractivity contribution in [2.45, 2.75) is 47.9 Å². The van der Waals surface area contributed by atoms with E-state index >= 15 is 0 Å². The van der Waals surface area contributed by atoms with Crippen molar-refractivity contribution in [1.29, 1.82) is 0 Å². The second-order valence-corrected chi connectivity index (χ2v) is 8.67. The van der Waals surface area contributed by atoms with E-state index in [1.165, 1.54) is 30.6 Å². The highest BCUT2D eigenvalue weighted by Gasteiger charge is 2.38. The average molecular weight is 369 g/mol. The Labute approximate surface area is 158 Å². The topological polar surface area (TPSA) is 52.6 Å². The fraction of sp³-hybridized carbons (Fsp3) is 0.381. The van der Waals surface area contributed by atoms with Gasteiger partial charge in [-0.05, 0) is 68.1 Å². The van der Waals surface area contributed by atoms with Gasteiger partial charge in [-0.1, -0.05) is 24.3 Å². The van der Waals surface area contributed by atoms with Gasteiger partial charge in [-0.25, -0.2) is 4.79 Å². The zero-order valence-corrected chi connectivity index (χ0v) is 15.7. The minimum atomic E-state index is -1.04. The highest BCUT2D eigenvalue weighted by atomic mass is 32.2. The van der Waals surface area contributed by atoms with Crippen LogP contribution in [0.2, 0.25) is 0 Å². The number of nitrogens with zero attached hydrogens (tertiary/aromatic N) is 1. The smallest absolute Gasteiger partial charge is 0.409 e. The van der Waals surface area contributed by atoms with E-state index in [4.69, 9.17) is 5.11 Å². The molecule has 0 aliphatic carbocycles. The monoisotopic (exact) mass is 368 g/mol. The van der Waals surface area contributed by atoms with Crippen LogP contribution in [0.1, 0.15) is 25.7 Å². The van der Waals surface area contributed by atoms with Gasteiger partial charge in [-0.15, -0.1) is 11.8 Å². The van der Waals surface area contributed by atoms with Crippen molar-refractivity contribution in [2.75, 3.05) is 12.4 Å². The zero-order valence-electron chi connectivity index (χ0n) is 14.9. The van der Waals surface area contributed by atoms with Crippen LogP contribution < -0.4 is 5.32 Å². The Hall–Kier alpha value is -1.98. The van der Waals surface area contributed by atoms with Crippen molar-refractivity contribution in [3.05, 3.63) is 48.5 Å². The van der Waals surface area contributed by atoms with Crippen LogP contribution in [0.15, 0.2) is 53.4 Å². The number of amides is 1. The molecule has 4 nitrogen and oxygen atoms in total. The molecular weight excluding hydrogens is 344 g/mol. The normalized spacial score (nSPS) is 25.2. The first kappa shape index (κ1) is 17.4. The molecule has 2 saturated heterocycles. The zero-order chi connectivity index (χ0) is 18.1. The van der Waals surface area contributed by atoms with Gasteiger partial charge in [0.2, 0.25) is 0 Å². The Morgan fingerprint density at radius 2 is 1.77 bits per heavy atom. The number of hydrogen-bond acceptors (Lipinski definition) is 3. The minimum Gasteiger partial charge on any atom is -0.465 e. The first-order chi connectivity index (χ1) is 12.6. The van der Waals surface area contributed by atoms with Crippen LogP contribution in [0.4, 0.5) is 10.5 Å². The molecule has 5 heteroatoms. The fourth-order valence-electron chi connectivity index (χ4n) is 4.28. The highest BCUT2D eigenvalue weighted by molar-refractivity contribution is 8.00. The molecule has 2 bridgehead atoms. The largest absolute Gasteiger partial charge is 0.465 e. The highest BCUT2D eigenvalue weighted by Crippen LogP contribution is 2.41. The summed E-state index contributed by atoms with van der Waals surface area (Å²) in [5.41, 5.74) is 2.72. The number of anilines is 1. The van der Waals surface area contributed by atoms with Crippen molar-refractivity contribution in [3.63, 3.8) is 0 Å². The standard InChI is InChI=1S/C21H24N2O2S/c1-23-17-7-8-18(23)13-20(12-17)26-19-9-5-14(6-10-19)15-3-2-4-16(11-15)22-21(24)25/h2-6,9-11,17-18,20,22H,7-8,12-13H2,1H3,(H,24,25)/t17-,18+,20?. The molecule has 0 radical (unpaired) electrons. The van der Waals surface area contributed by atoms with Gasteiger partial charge < -0.3 is 10.0 Å². The van der Waals surface area contributed by atoms with Gasteiger partial charge in [0, 0.05) is 27.9 Å². The molecule has 2 aliphatic heterocycles. The molecule has 0 spiro atoms. The number of carbonyl (C=O) groups is 1. The summed E-state index contributed by atoms with van der Waals surface area (Å²) in [5.74, 6) is 0. The summed E-state index contributed by atoms with van der Waals surface area (Å²) in [6, 6.07) is 17.7. The average Bonchev–Trinajstić information content (AvgIpc) is 2.83.